The third kappa shape index (κ3) is 3.40. The standard InChI is InChI=1S/C13H19N3S/c1-3-17-12-6-4-5-11(9-12)10-15-13-14-7-8-16(13)2/h4-6,9H,3,7-8,10H2,1-2H3,(H,14,15). The van der Waals surface area contributed by atoms with Crippen molar-refractivity contribution in [1.29, 1.82) is 0 Å². The van der Waals surface area contributed by atoms with Gasteiger partial charge in [-0.25, -0.2) is 0 Å². The normalized spacial score (nSPS) is 14.9. The Hall–Kier alpha value is -1.16. The lowest BCUT2D eigenvalue weighted by Crippen LogP contribution is -2.35. The summed E-state index contributed by atoms with van der Waals surface area (Å²) in [5, 5.41) is 3.38. The van der Waals surface area contributed by atoms with Gasteiger partial charge in [-0.2, -0.15) is 0 Å². The maximum Gasteiger partial charge on any atom is 0.194 e. The van der Waals surface area contributed by atoms with Gasteiger partial charge in [-0.1, -0.05) is 19.1 Å². The molecule has 0 saturated carbocycles. The van der Waals surface area contributed by atoms with Gasteiger partial charge in [0.2, 0.25) is 0 Å². The van der Waals surface area contributed by atoms with E-state index in [1.54, 1.807) is 0 Å². The molecule has 0 amide bonds. The fourth-order valence-electron chi connectivity index (χ4n) is 1.82. The molecule has 0 spiro atoms. The fourth-order valence-corrected chi connectivity index (χ4v) is 2.56. The SMILES string of the molecule is CCSc1cccc(CNC2=NCCN2C)c1. The van der Waals surface area contributed by atoms with Gasteiger partial charge in [0.25, 0.3) is 0 Å². The van der Waals surface area contributed by atoms with Gasteiger partial charge in [-0.3, -0.25) is 4.99 Å². The van der Waals surface area contributed by atoms with Crippen LogP contribution >= 0.6 is 11.8 Å². The van der Waals surface area contributed by atoms with Crippen LogP contribution in [0.15, 0.2) is 34.2 Å². The van der Waals surface area contributed by atoms with E-state index in [2.05, 4.69) is 53.4 Å². The van der Waals surface area contributed by atoms with Gasteiger partial charge in [-0.15, -0.1) is 11.8 Å². The first-order chi connectivity index (χ1) is 8.29. The largest absolute Gasteiger partial charge is 0.352 e. The first-order valence-corrected chi connectivity index (χ1v) is 6.99. The number of rotatable bonds is 4. The first-order valence-electron chi connectivity index (χ1n) is 6.01. The average Bonchev–Trinajstić information content (AvgIpc) is 2.73. The Kier molecular flexibility index (Phi) is 4.31. The molecular formula is C13H19N3S. The molecule has 3 nitrogen and oxygen atoms in total. The lowest BCUT2D eigenvalue weighted by molar-refractivity contribution is 0.534. The quantitative estimate of drug-likeness (QED) is 0.829. The Bertz CT molecular complexity index is 403. The minimum Gasteiger partial charge on any atom is -0.352 e. The van der Waals surface area contributed by atoms with E-state index in [-0.39, 0.29) is 0 Å². The van der Waals surface area contributed by atoms with E-state index in [1.165, 1.54) is 10.5 Å². The molecule has 4 heteroatoms. The zero-order valence-electron chi connectivity index (χ0n) is 10.4. The maximum absolute atomic E-state index is 4.42. The molecule has 0 atom stereocenters. The molecule has 0 radical (unpaired) electrons. The second-order valence-electron chi connectivity index (χ2n) is 4.06. The highest BCUT2D eigenvalue weighted by Crippen LogP contribution is 2.18. The Morgan fingerprint density at radius 3 is 3.06 bits per heavy atom. The summed E-state index contributed by atoms with van der Waals surface area (Å²) in [5.74, 6) is 2.13. The number of guanidine groups is 1. The van der Waals surface area contributed by atoms with Gasteiger partial charge in [0, 0.05) is 25.0 Å². The molecule has 0 fully saturated rings. The highest BCUT2D eigenvalue weighted by Gasteiger charge is 2.11. The molecule has 1 aliphatic rings. The maximum atomic E-state index is 4.42. The van der Waals surface area contributed by atoms with Crippen LogP contribution in [0.4, 0.5) is 0 Å². The molecule has 0 saturated heterocycles. The van der Waals surface area contributed by atoms with E-state index >= 15 is 0 Å². The molecule has 0 aromatic heterocycles. The number of likely N-dealkylation sites (N-methyl/N-ethyl adjacent to an activating group) is 1. The molecule has 17 heavy (non-hydrogen) atoms. The van der Waals surface area contributed by atoms with Gasteiger partial charge in [-0.05, 0) is 23.4 Å². The summed E-state index contributed by atoms with van der Waals surface area (Å²) in [4.78, 5) is 7.92. The van der Waals surface area contributed by atoms with Gasteiger partial charge in [0.15, 0.2) is 5.96 Å². The predicted molar refractivity (Wildman–Crippen MR) is 74.6 cm³/mol. The molecule has 0 aliphatic carbocycles. The number of benzene rings is 1. The minimum absolute atomic E-state index is 0.848. The Labute approximate surface area is 107 Å². The van der Waals surface area contributed by atoms with Crippen LogP contribution in [0, 0.1) is 0 Å². The summed E-state index contributed by atoms with van der Waals surface area (Å²) in [5.41, 5.74) is 1.31. The topological polar surface area (TPSA) is 27.6 Å². The zero-order valence-corrected chi connectivity index (χ0v) is 11.3. The lowest BCUT2D eigenvalue weighted by Gasteiger charge is -2.15. The smallest absolute Gasteiger partial charge is 0.194 e. The summed E-state index contributed by atoms with van der Waals surface area (Å²) in [6.45, 7) is 4.96. The molecule has 0 unspecified atom stereocenters. The summed E-state index contributed by atoms with van der Waals surface area (Å²) in [6, 6.07) is 8.69. The highest BCUT2D eigenvalue weighted by atomic mass is 32.2. The van der Waals surface area contributed by atoms with Gasteiger partial charge in [0.1, 0.15) is 0 Å². The van der Waals surface area contributed by atoms with E-state index in [0.717, 1.165) is 31.3 Å². The molecule has 1 aromatic carbocycles. The van der Waals surface area contributed by atoms with Crippen molar-refractivity contribution < 1.29 is 0 Å². The molecule has 2 rings (SSSR count). The predicted octanol–water partition coefficient (Wildman–Crippen LogP) is 2.19. The van der Waals surface area contributed by atoms with Crippen LogP contribution in [0.3, 0.4) is 0 Å². The second kappa shape index (κ2) is 5.96. The van der Waals surface area contributed by atoms with Crippen molar-refractivity contribution in [1.82, 2.24) is 10.2 Å². The van der Waals surface area contributed by atoms with Crippen LogP contribution in [0.1, 0.15) is 12.5 Å². The van der Waals surface area contributed by atoms with Gasteiger partial charge >= 0.3 is 0 Å². The van der Waals surface area contributed by atoms with E-state index in [9.17, 15) is 0 Å². The summed E-state index contributed by atoms with van der Waals surface area (Å²) >= 11 is 1.88. The van der Waals surface area contributed by atoms with Crippen molar-refractivity contribution in [3.63, 3.8) is 0 Å². The lowest BCUT2D eigenvalue weighted by atomic mass is 10.2. The highest BCUT2D eigenvalue weighted by molar-refractivity contribution is 7.99. The minimum atomic E-state index is 0.848. The average molecular weight is 249 g/mol. The summed E-state index contributed by atoms with van der Waals surface area (Å²) < 4.78 is 0. The van der Waals surface area contributed by atoms with Crippen LogP contribution in [-0.2, 0) is 6.54 Å². The van der Waals surface area contributed by atoms with Crippen molar-refractivity contribution in [2.45, 2.75) is 18.4 Å². The van der Waals surface area contributed by atoms with Crippen LogP contribution in [-0.4, -0.2) is 36.7 Å². The molecule has 92 valence electrons. The van der Waals surface area contributed by atoms with Crippen molar-refractivity contribution in [2.24, 2.45) is 4.99 Å². The van der Waals surface area contributed by atoms with Gasteiger partial charge in [0.05, 0.1) is 6.54 Å². The van der Waals surface area contributed by atoms with Crippen molar-refractivity contribution >= 4 is 17.7 Å². The van der Waals surface area contributed by atoms with E-state index in [0.29, 0.717) is 0 Å². The second-order valence-corrected chi connectivity index (χ2v) is 5.40. The molecule has 0 bridgehead atoms. The number of aliphatic imine (C=N–C) groups is 1. The summed E-state index contributed by atoms with van der Waals surface area (Å²) in [6.07, 6.45) is 0. The molecule has 1 N–H and O–H groups in total. The molecular weight excluding hydrogens is 230 g/mol. The third-order valence-corrected chi connectivity index (χ3v) is 3.59. The molecule has 1 heterocycles. The molecule has 1 aromatic rings. The molecule has 1 aliphatic heterocycles. The Morgan fingerprint density at radius 2 is 2.35 bits per heavy atom. The Balaban J connectivity index is 1.92. The monoisotopic (exact) mass is 249 g/mol. The zero-order chi connectivity index (χ0) is 12.1. The van der Waals surface area contributed by atoms with Crippen molar-refractivity contribution in [2.75, 3.05) is 25.9 Å². The fraction of sp³-hybridized carbons (Fsp3) is 0.462. The van der Waals surface area contributed by atoms with E-state index in [4.69, 9.17) is 0 Å². The number of nitrogens with zero attached hydrogens (tertiary/aromatic N) is 2. The van der Waals surface area contributed by atoms with Crippen LogP contribution in [0.5, 0.6) is 0 Å². The third-order valence-electron chi connectivity index (χ3n) is 2.72. The van der Waals surface area contributed by atoms with Crippen LogP contribution < -0.4 is 5.32 Å². The number of hydrogen-bond acceptors (Lipinski definition) is 4. The first kappa shape index (κ1) is 12.3. The van der Waals surface area contributed by atoms with Crippen molar-refractivity contribution in [3.8, 4) is 0 Å². The van der Waals surface area contributed by atoms with Crippen molar-refractivity contribution in [3.05, 3.63) is 29.8 Å². The van der Waals surface area contributed by atoms with E-state index < -0.39 is 0 Å². The van der Waals surface area contributed by atoms with Gasteiger partial charge < -0.3 is 10.2 Å². The van der Waals surface area contributed by atoms with Crippen LogP contribution in [0.2, 0.25) is 0 Å². The van der Waals surface area contributed by atoms with E-state index in [1.807, 2.05) is 11.8 Å². The number of nitrogens with one attached hydrogen (secondary N) is 1. The number of hydrogen-bond donors (Lipinski definition) is 1. The van der Waals surface area contributed by atoms with Crippen LogP contribution in [0.25, 0.3) is 0 Å². The number of thioether (sulfide) groups is 1. The Morgan fingerprint density at radius 1 is 1.47 bits per heavy atom. The summed E-state index contributed by atoms with van der Waals surface area (Å²) in [7, 11) is 2.07.